The maximum absolute atomic E-state index is 5.56. The second-order valence-corrected chi connectivity index (χ2v) is 5.62. The Balaban J connectivity index is 3.31. The minimum Gasteiger partial charge on any atom is -0.381 e. The molecule has 0 rings (SSSR count). The molecule has 0 radical (unpaired) electrons. The number of hydrogen-bond acceptors (Lipinski definition) is 1. The number of unbranched alkanes of at least 4 members (excludes halogenated alkanes) is 1. The van der Waals surface area contributed by atoms with Crippen LogP contribution in [0.2, 0.25) is 0 Å². The van der Waals surface area contributed by atoms with Gasteiger partial charge < -0.3 is 4.74 Å². The molecule has 0 aliphatic rings. The molecule has 86 valence electrons. The van der Waals surface area contributed by atoms with Crippen molar-refractivity contribution in [3.05, 3.63) is 0 Å². The predicted molar refractivity (Wildman–Crippen MR) is 63.6 cm³/mol. The zero-order chi connectivity index (χ0) is 11.0. The SMILES string of the molecule is CCCCOCCC(C)CC(C)(C)C. The van der Waals surface area contributed by atoms with E-state index in [9.17, 15) is 0 Å². The molecule has 0 aromatic heterocycles. The Morgan fingerprint density at radius 2 is 1.79 bits per heavy atom. The molecule has 0 aliphatic heterocycles. The summed E-state index contributed by atoms with van der Waals surface area (Å²) >= 11 is 0. The summed E-state index contributed by atoms with van der Waals surface area (Å²) in [5, 5.41) is 0. The van der Waals surface area contributed by atoms with E-state index in [1.165, 1.54) is 25.7 Å². The third-order valence-electron chi connectivity index (χ3n) is 2.36. The van der Waals surface area contributed by atoms with Crippen molar-refractivity contribution in [2.24, 2.45) is 11.3 Å². The van der Waals surface area contributed by atoms with Gasteiger partial charge in [-0.3, -0.25) is 0 Å². The first-order valence-corrected chi connectivity index (χ1v) is 6.03. The topological polar surface area (TPSA) is 9.23 Å². The molecule has 0 bridgehead atoms. The molecule has 0 spiro atoms. The van der Waals surface area contributed by atoms with E-state index < -0.39 is 0 Å². The van der Waals surface area contributed by atoms with Gasteiger partial charge in [0.2, 0.25) is 0 Å². The van der Waals surface area contributed by atoms with Crippen molar-refractivity contribution >= 4 is 0 Å². The molecule has 0 N–H and O–H groups in total. The molecule has 0 saturated carbocycles. The van der Waals surface area contributed by atoms with Crippen LogP contribution in [-0.2, 0) is 4.74 Å². The molecule has 1 atom stereocenters. The molecule has 1 nitrogen and oxygen atoms in total. The standard InChI is InChI=1S/C13H28O/c1-6-7-9-14-10-8-12(2)11-13(3,4)5/h12H,6-11H2,1-5H3. The van der Waals surface area contributed by atoms with Gasteiger partial charge in [-0.05, 0) is 30.6 Å². The molecule has 0 aromatic rings. The van der Waals surface area contributed by atoms with E-state index in [0.717, 1.165) is 19.1 Å². The predicted octanol–water partition coefficient (Wildman–Crippen LogP) is 4.27. The quantitative estimate of drug-likeness (QED) is 0.558. The van der Waals surface area contributed by atoms with Gasteiger partial charge in [-0.15, -0.1) is 0 Å². The van der Waals surface area contributed by atoms with Crippen molar-refractivity contribution in [2.75, 3.05) is 13.2 Å². The van der Waals surface area contributed by atoms with E-state index in [1.807, 2.05) is 0 Å². The van der Waals surface area contributed by atoms with E-state index in [0.29, 0.717) is 5.41 Å². The second kappa shape index (κ2) is 7.28. The fraction of sp³-hybridized carbons (Fsp3) is 1.00. The van der Waals surface area contributed by atoms with Crippen LogP contribution in [0.15, 0.2) is 0 Å². The number of hydrogen-bond donors (Lipinski definition) is 0. The molecule has 0 saturated heterocycles. The van der Waals surface area contributed by atoms with Crippen molar-refractivity contribution in [3.8, 4) is 0 Å². The van der Waals surface area contributed by atoms with Gasteiger partial charge in [-0.25, -0.2) is 0 Å². The van der Waals surface area contributed by atoms with E-state index >= 15 is 0 Å². The first-order valence-electron chi connectivity index (χ1n) is 6.03. The Morgan fingerprint density at radius 3 is 2.29 bits per heavy atom. The van der Waals surface area contributed by atoms with Crippen LogP contribution in [0.1, 0.15) is 60.3 Å². The summed E-state index contributed by atoms with van der Waals surface area (Å²) < 4.78 is 5.56. The highest BCUT2D eigenvalue weighted by atomic mass is 16.5. The van der Waals surface area contributed by atoms with Crippen LogP contribution < -0.4 is 0 Å². The molecular weight excluding hydrogens is 172 g/mol. The van der Waals surface area contributed by atoms with Gasteiger partial charge in [0.15, 0.2) is 0 Å². The lowest BCUT2D eigenvalue weighted by Crippen LogP contribution is -2.12. The lowest BCUT2D eigenvalue weighted by molar-refractivity contribution is 0.113. The Bertz CT molecular complexity index is 124. The lowest BCUT2D eigenvalue weighted by Gasteiger charge is -2.23. The Kier molecular flexibility index (Phi) is 7.26. The minimum atomic E-state index is 0.461. The third kappa shape index (κ3) is 10.0. The monoisotopic (exact) mass is 200 g/mol. The molecule has 0 heterocycles. The summed E-state index contributed by atoms with van der Waals surface area (Å²) in [5.74, 6) is 0.789. The summed E-state index contributed by atoms with van der Waals surface area (Å²) in [4.78, 5) is 0. The van der Waals surface area contributed by atoms with Crippen LogP contribution in [0.5, 0.6) is 0 Å². The van der Waals surface area contributed by atoms with Crippen molar-refractivity contribution in [1.29, 1.82) is 0 Å². The van der Waals surface area contributed by atoms with E-state index in [2.05, 4.69) is 34.6 Å². The van der Waals surface area contributed by atoms with Crippen molar-refractivity contribution in [3.63, 3.8) is 0 Å². The lowest BCUT2D eigenvalue weighted by atomic mass is 9.84. The van der Waals surface area contributed by atoms with Crippen LogP contribution in [0.3, 0.4) is 0 Å². The van der Waals surface area contributed by atoms with Gasteiger partial charge in [0.1, 0.15) is 0 Å². The average molecular weight is 200 g/mol. The Morgan fingerprint density at radius 1 is 1.14 bits per heavy atom. The maximum Gasteiger partial charge on any atom is 0.0468 e. The highest BCUT2D eigenvalue weighted by Crippen LogP contribution is 2.25. The smallest absolute Gasteiger partial charge is 0.0468 e. The summed E-state index contributed by atoms with van der Waals surface area (Å²) in [6.45, 7) is 13.3. The number of rotatable bonds is 7. The molecule has 0 amide bonds. The Hall–Kier alpha value is -0.0400. The van der Waals surface area contributed by atoms with E-state index in [1.54, 1.807) is 0 Å². The Labute approximate surface area is 90.2 Å². The highest BCUT2D eigenvalue weighted by molar-refractivity contribution is 4.66. The zero-order valence-corrected chi connectivity index (χ0v) is 10.7. The van der Waals surface area contributed by atoms with Crippen LogP contribution in [0, 0.1) is 11.3 Å². The summed E-state index contributed by atoms with van der Waals surface area (Å²) in [6, 6.07) is 0. The van der Waals surface area contributed by atoms with Gasteiger partial charge in [0, 0.05) is 13.2 Å². The molecule has 1 unspecified atom stereocenters. The fourth-order valence-corrected chi connectivity index (χ4v) is 1.78. The van der Waals surface area contributed by atoms with Crippen LogP contribution >= 0.6 is 0 Å². The number of ether oxygens (including phenoxy) is 1. The van der Waals surface area contributed by atoms with Crippen LogP contribution in [-0.4, -0.2) is 13.2 Å². The zero-order valence-electron chi connectivity index (χ0n) is 10.7. The molecular formula is C13H28O. The summed E-state index contributed by atoms with van der Waals surface area (Å²) in [6.07, 6.45) is 4.94. The molecule has 14 heavy (non-hydrogen) atoms. The maximum atomic E-state index is 5.56. The highest BCUT2D eigenvalue weighted by Gasteiger charge is 2.14. The van der Waals surface area contributed by atoms with Crippen molar-refractivity contribution in [1.82, 2.24) is 0 Å². The van der Waals surface area contributed by atoms with Gasteiger partial charge in [-0.1, -0.05) is 41.0 Å². The van der Waals surface area contributed by atoms with Gasteiger partial charge in [0.25, 0.3) is 0 Å². The normalized spacial score (nSPS) is 14.4. The first-order chi connectivity index (χ1) is 6.45. The molecule has 0 fully saturated rings. The molecule has 1 heteroatoms. The van der Waals surface area contributed by atoms with Crippen molar-refractivity contribution in [2.45, 2.75) is 60.3 Å². The van der Waals surface area contributed by atoms with Crippen LogP contribution in [0.25, 0.3) is 0 Å². The van der Waals surface area contributed by atoms with Gasteiger partial charge >= 0.3 is 0 Å². The molecule has 0 aliphatic carbocycles. The van der Waals surface area contributed by atoms with Gasteiger partial charge in [-0.2, -0.15) is 0 Å². The second-order valence-electron chi connectivity index (χ2n) is 5.62. The summed E-state index contributed by atoms with van der Waals surface area (Å²) in [7, 11) is 0. The third-order valence-corrected chi connectivity index (χ3v) is 2.36. The van der Waals surface area contributed by atoms with Crippen molar-refractivity contribution < 1.29 is 4.74 Å². The summed E-state index contributed by atoms with van der Waals surface area (Å²) in [5.41, 5.74) is 0.461. The average Bonchev–Trinajstić information content (AvgIpc) is 2.00. The largest absolute Gasteiger partial charge is 0.381 e. The minimum absolute atomic E-state index is 0.461. The fourth-order valence-electron chi connectivity index (χ4n) is 1.78. The van der Waals surface area contributed by atoms with Crippen LogP contribution in [0.4, 0.5) is 0 Å². The van der Waals surface area contributed by atoms with E-state index in [4.69, 9.17) is 4.74 Å². The van der Waals surface area contributed by atoms with E-state index in [-0.39, 0.29) is 0 Å². The first kappa shape index (κ1) is 14.0. The van der Waals surface area contributed by atoms with Gasteiger partial charge in [0.05, 0.1) is 0 Å². The molecule has 0 aromatic carbocycles.